The highest BCUT2D eigenvalue weighted by Gasteiger charge is 2.19. The van der Waals surface area contributed by atoms with Gasteiger partial charge in [-0.2, -0.15) is 0 Å². The van der Waals surface area contributed by atoms with Gasteiger partial charge in [-0.15, -0.1) is 11.3 Å². The highest BCUT2D eigenvalue weighted by atomic mass is 79.9. The van der Waals surface area contributed by atoms with Gasteiger partial charge < -0.3 is 5.32 Å². The summed E-state index contributed by atoms with van der Waals surface area (Å²) in [5, 5.41) is 2.90. The Kier molecular flexibility index (Phi) is 13.8. The molecule has 0 aromatic carbocycles. The van der Waals surface area contributed by atoms with Gasteiger partial charge in [-0.1, -0.05) is 78.1 Å². The van der Waals surface area contributed by atoms with Crippen LogP contribution >= 0.6 is 27.3 Å². The number of hydrogen-bond donors (Lipinski definition) is 1. The number of halogens is 1. The van der Waals surface area contributed by atoms with Crippen LogP contribution in [0.1, 0.15) is 101 Å². The van der Waals surface area contributed by atoms with Gasteiger partial charge in [0.25, 0.3) is 11.7 Å². The van der Waals surface area contributed by atoms with Crippen LogP contribution in [0, 0.1) is 5.92 Å². The second kappa shape index (κ2) is 15.3. The van der Waals surface area contributed by atoms with E-state index in [9.17, 15) is 9.59 Å². The third-order valence-electron chi connectivity index (χ3n) is 4.99. The van der Waals surface area contributed by atoms with Crippen molar-refractivity contribution in [1.29, 1.82) is 0 Å². The largest absolute Gasteiger partial charge is 0.349 e. The number of amides is 1. The summed E-state index contributed by atoms with van der Waals surface area (Å²) >= 11 is 4.65. The normalized spacial score (nSPS) is 12.1. The Morgan fingerprint density at radius 2 is 1.48 bits per heavy atom. The van der Waals surface area contributed by atoms with E-state index < -0.39 is 11.7 Å². The summed E-state index contributed by atoms with van der Waals surface area (Å²) in [5.74, 6) is -0.402. The molecular weight excluding hydrogens is 422 g/mol. The van der Waals surface area contributed by atoms with Crippen LogP contribution in [0.4, 0.5) is 0 Å². The van der Waals surface area contributed by atoms with E-state index in [1.165, 1.54) is 75.5 Å². The maximum absolute atomic E-state index is 12.2. The molecule has 1 aromatic heterocycles. The Morgan fingerprint density at radius 1 is 0.926 bits per heavy atom. The Balaban J connectivity index is 2.38. The number of carbonyl (C=O) groups is 2. The molecule has 0 aliphatic carbocycles. The fraction of sp³-hybridized carbons (Fsp3) is 0.727. The lowest BCUT2D eigenvalue weighted by atomic mass is 9.94. The minimum absolute atomic E-state index is 0.421. The maximum Gasteiger partial charge on any atom is 0.293 e. The molecule has 154 valence electrons. The Bertz CT molecular complexity index is 544. The Morgan fingerprint density at radius 3 is 2.04 bits per heavy atom. The first kappa shape index (κ1) is 24.4. The average molecular weight is 459 g/mol. The van der Waals surface area contributed by atoms with Gasteiger partial charge in [-0.25, -0.2) is 0 Å². The molecular formula is C22H36BrNO2S. The maximum atomic E-state index is 12.2. The third-order valence-corrected chi connectivity index (χ3v) is 6.61. The average Bonchev–Trinajstić information content (AvgIpc) is 3.10. The quantitative estimate of drug-likeness (QED) is 0.162. The molecule has 0 radical (unpaired) electrons. The highest BCUT2D eigenvalue weighted by Crippen LogP contribution is 2.23. The number of unbranched alkanes of at least 4 members (excludes halogenated alkanes) is 8. The second-order valence-electron chi connectivity index (χ2n) is 7.41. The van der Waals surface area contributed by atoms with Crippen LogP contribution in [0.15, 0.2) is 15.9 Å². The predicted octanol–water partition coefficient (Wildman–Crippen LogP) is 7.15. The molecule has 3 nitrogen and oxygen atoms in total. The van der Waals surface area contributed by atoms with E-state index in [0.717, 1.165) is 16.6 Å². The van der Waals surface area contributed by atoms with Crippen LogP contribution in [0.2, 0.25) is 0 Å². The zero-order chi connectivity index (χ0) is 19.9. The number of carbonyl (C=O) groups excluding carboxylic acids is 2. The van der Waals surface area contributed by atoms with Gasteiger partial charge in [-0.3, -0.25) is 9.59 Å². The van der Waals surface area contributed by atoms with Gasteiger partial charge >= 0.3 is 0 Å². The lowest BCUT2D eigenvalue weighted by Gasteiger charge is -2.17. The first-order valence-electron chi connectivity index (χ1n) is 10.7. The van der Waals surface area contributed by atoms with Crippen molar-refractivity contribution < 1.29 is 9.59 Å². The van der Waals surface area contributed by atoms with Crippen LogP contribution in [0.25, 0.3) is 0 Å². The zero-order valence-electron chi connectivity index (χ0n) is 17.0. The molecule has 0 spiro atoms. The van der Waals surface area contributed by atoms with E-state index in [0.29, 0.717) is 17.3 Å². The second-order valence-corrected chi connectivity index (χ2v) is 9.88. The Labute approximate surface area is 177 Å². The summed E-state index contributed by atoms with van der Waals surface area (Å²) in [7, 11) is 0. The molecule has 1 unspecified atom stereocenters. The molecule has 0 fully saturated rings. The van der Waals surface area contributed by atoms with Crippen molar-refractivity contribution in [2.75, 3.05) is 6.54 Å². The molecule has 1 rings (SSSR count). The third kappa shape index (κ3) is 11.0. The summed E-state index contributed by atoms with van der Waals surface area (Å²) in [6.45, 7) is 5.09. The molecule has 0 bridgehead atoms. The van der Waals surface area contributed by atoms with Crippen LogP contribution < -0.4 is 5.32 Å². The predicted molar refractivity (Wildman–Crippen MR) is 120 cm³/mol. The summed E-state index contributed by atoms with van der Waals surface area (Å²) in [4.78, 5) is 24.9. The van der Waals surface area contributed by atoms with Gasteiger partial charge in [0, 0.05) is 6.54 Å². The summed E-state index contributed by atoms with van der Waals surface area (Å²) in [6, 6.07) is 3.51. The molecule has 1 heterocycles. The van der Waals surface area contributed by atoms with Crippen molar-refractivity contribution >= 4 is 39.0 Å². The molecule has 0 saturated carbocycles. The molecule has 1 N–H and O–H groups in total. The molecule has 1 amide bonds. The van der Waals surface area contributed by atoms with E-state index in [4.69, 9.17) is 0 Å². The molecule has 0 aliphatic heterocycles. The SMILES string of the molecule is CCCCCCCCC(CCCCCC)CNC(=O)C(=O)c1ccc(Br)s1. The highest BCUT2D eigenvalue weighted by molar-refractivity contribution is 9.11. The summed E-state index contributed by atoms with van der Waals surface area (Å²) in [6.07, 6.45) is 15.1. The number of thiophene rings is 1. The first-order valence-corrected chi connectivity index (χ1v) is 12.3. The number of Topliss-reactive ketones (excluding diaryl/α,β-unsaturated/α-hetero) is 1. The fourth-order valence-corrected chi connectivity index (χ4v) is 4.61. The van der Waals surface area contributed by atoms with E-state index >= 15 is 0 Å². The lowest BCUT2D eigenvalue weighted by molar-refractivity contribution is -0.117. The van der Waals surface area contributed by atoms with Gasteiger partial charge in [0.15, 0.2) is 0 Å². The van der Waals surface area contributed by atoms with Crippen molar-refractivity contribution in [1.82, 2.24) is 5.32 Å². The van der Waals surface area contributed by atoms with Crippen molar-refractivity contribution in [2.45, 2.75) is 90.9 Å². The number of rotatable bonds is 16. The van der Waals surface area contributed by atoms with Gasteiger partial charge in [0.1, 0.15) is 0 Å². The molecule has 0 aliphatic rings. The first-order chi connectivity index (χ1) is 13.1. The standard InChI is InChI=1S/C22H36BrNO2S/c1-3-5-7-9-10-12-14-18(13-11-8-6-4-2)17-24-22(26)21(25)19-15-16-20(23)27-19/h15-16,18H,3-14,17H2,1-2H3,(H,24,26). The number of nitrogens with one attached hydrogen (secondary N) is 1. The minimum atomic E-state index is -0.467. The molecule has 5 heteroatoms. The van der Waals surface area contributed by atoms with Crippen molar-refractivity contribution in [3.63, 3.8) is 0 Å². The van der Waals surface area contributed by atoms with Crippen LogP contribution in [0.5, 0.6) is 0 Å². The van der Waals surface area contributed by atoms with E-state index in [1.54, 1.807) is 12.1 Å². The van der Waals surface area contributed by atoms with Crippen LogP contribution in [-0.2, 0) is 4.79 Å². The monoisotopic (exact) mass is 457 g/mol. The zero-order valence-corrected chi connectivity index (χ0v) is 19.4. The van der Waals surface area contributed by atoms with Crippen molar-refractivity contribution in [3.05, 3.63) is 20.8 Å². The van der Waals surface area contributed by atoms with Crippen molar-refractivity contribution in [2.24, 2.45) is 5.92 Å². The van der Waals surface area contributed by atoms with E-state index in [-0.39, 0.29) is 0 Å². The van der Waals surface area contributed by atoms with Crippen molar-refractivity contribution in [3.8, 4) is 0 Å². The summed E-state index contributed by atoms with van der Waals surface area (Å²) in [5.41, 5.74) is 0. The molecule has 1 atom stereocenters. The Hall–Kier alpha value is -0.680. The minimum Gasteiger partial charge on any atom is -0.349 e. The van der Waals surface area contributed by atoms with Gasteiger partial charge in [0.05, 0.1) is 8.66 Å². The number of ketones is 1. The summed E-state index contributed by atoms with van der Waals surface area (Å²) < 4.78 is 0.871. The van der Waals surface area contributed by atoms with Gasteiger partial charge in [0.2, 0.25) is 0 Å². The number of hydrogen-bond acceptors (Lipinski definition) is 3. The topological polar surface area (TPSA) is 46.2 Å². The van der Waals surface area contributed by atoms with E-state index in [1.807, 2.05) is 0 Å². The molecule has 1 aromatic rings. The van der Waals surface area contributed by atoms with Crippen LogP contribution in [-0.4, -0.2) is 18.2 Å². The smallest absolute Gasteiger partial charge is 0.293 e. The lowest BCUT2D eigenvalue weighted by Crippen LogP contribution is -2.34. The van der Waals surface area contributed by atoms with Crippen LogP contribution in [0.3, 0.4) is 0 Å². The molecule has 0 saturated heterocycles. The van der Waals surface area contributed by atoms with Gasteiger partial charge in [-0.05, 0) is 46.8 Å². The van der Waals surface area contributed by atoms with E-state index in [2.05, 4.69) is 35.1 Å². The fourth-order valence-electron chi connectivity index (χ4n) is 3.29. The molecule has 27 heavy (non-hydrogen) atoms.